The number of benzene rings is 2. The van der Waals surface area contributed by atoms with Crippen molar-refractivity contribution < 1.29 is 9.59 Å². The van der Waals surface area contributed by atoms with E-state index in [4.69, 9.17) is 11.6 Å². The van der Waals surface area contributed by atoms with E-state index in [-0.39, 0.29) is 23.9 Å². The SMILES string of the molecule is CC(C)[C@@H](C)NC(=O)c1ccccc1N1CCC(NC(=O)c2ccccc2Cl)CC1. The van der Waals surface area contributed by atoms with Gasteiger partial charge in [0.1, 0.15) is 0 Å². The van der Waals surface area contributed by atoms with Crippen LogP contribution in [0.3, 0.4) is 0 Å². The predicted molar refractivity (Wildman–Crippen MR) is 122 cm³/mol. The van der Waals surface area contributed by atoms with Crippen molar-refractivity contribution >= 4 is 29.1 Å². The van der Waals surface area contributed by atoms with Crippen LogP contribution in [0.1, 0.15) is 54.3 Å². The van der Waals surface area contributed by atoms with Crippen molar-refractivity contribution in [3.8, 4) is 0 Å². The van der Waals surface area contributed by atoms with E-state index in [0.717, 1.165) is 31.6 Å². The lowest BCUT2D eigenvalue weighted by Gasteiger charge is -2.35. The number of piperidine rings is 1. The van der Waals surface area contributed by atoms with Gasteiger partial charge in [-0.1, -0.05) is 49.7 Å². The minimum atomic E-state index is -0.137. The molecule has 5 nitrogen and oxygen atoms in total. The van der Waals surface area contributed by atoms with Crippen LogP contribution < -0.4 is 15.5 Å². The fourth-order valence-electron chi connectivity index (χ4n) is 3.57. The highest BCUT2D eigenvalue weighted by Crippen LogP contribution is 2.25. The van der Waals surface area contributed by atoms with Crippen LogP contribution in [0, 0.1) is 5.92 Å². The Bertz CT molecular complexity index is 892. The molecule has 2 N–H and O–H groups in total. The molecule has 0 aliphatic carbocycles. The van der Waals surface area contributed by atoms with Gasteiger partial charge < -0.3 is 15.5 Å². The van der Waals surface area contributed by atoms with E-state index in [1.54, 1.807) is 12.1 Å². The van der Waals surface area contributed by atoms with E-state index >= 15 is 0 Å². The number of hydrogen-bond donors (Lipinski definition) is 2. The molecule has 1 fully saturated rings. The summed E-state index contributed by atoms with van der Waals surface area (Å²) in [6, 6.07) is 15.0. The molecule has 160 valence electrons. The lowest BCUT2D eigenvalue weighted by Crippen LogP contribution is -2.45. The zero-order chi connectivity index (χ0) is 21.7. The molecule has 30 heavy (non-hydrogen) atoms. The molecule has 1 atom stereocenters. The Balaban J connectivity index is 1.62. The highest BCUT2D eigenvalue weighted by molar-refractivity contribution is 6.33. The first kappa shape index (κ1) is 22.2. The second kappa shape index (κ2) is 9.98. The lowest BCUT2D eigenvalue weighted by atomic mass is 10.0. The molecule has 2 amide bonds. The van der Waals surface area contributed by atoms with Crippen LogP contribution in [0.25, 0.3) is 0 Å². The van der Waals surface area contributed by atoms with Crippen LogP contribution in [0.2, 0.25) is 5.02 Å². The van der Waals surface area contributed by atoms with Crippen molar-refractivity contribution in [2.45, 2.75) is 45.7 Å². The number of carbonyl (C=O) groups is 2. The summed E-state index contributed by atoms with van der Waals surface area (Å²) in [5.74, 6) is 0.195. The van der Waals surface area contributed by atoms with E-state index in [9.17, 15) is 9.59 Å². The number of anilines is 1. The molecule has 0 unspecified atom stereocenters. The minimum Gasteiger partial charge on any atom is -0.371 e. The summed E-state index contributed by atoms with van der Waals surface area (Å²) in [7, 11) is 0. The summed E-state index contributed by atoms with van der Waals surface area (Å²) in [6.07, 6.45) is 1.63. The van der Waals surface area contributed by atoms with E-state index in [1.807, 2.05) is 43.3 Å². The number of amides is 2. The van der Waals surface area contributed by atoms with Gasteiger partial charge in [-0.2, -0.15) is 0 Å². The molecule has 2 aromatic carbocycles. The van der Waals surface area contributed by atoms with Crippen molar-refractivity contribution in [1.29, 1.82) is 0 Å². The second-order valence-electron chi connectivity index (χ2n) is 8.24. The first-order chi connectivity index (χ1) is 14.4. The standard InChI is InChI=1S/C24H30ClN3O2/c1-16(2)17(3)26-24(30)20-9-5-7-11-22(20)28-14-12-18(13-15-28)27-23(29)19-8-4-6-10-21(19)25/h4-11,16-18H,12-15H2,1-3H3,(H,26,30)(H,27,29)/t17-/m1/s1. The largest absolute Gasteiger partial charge is 0.371 e. The van der Waals surface area contributed by atoms with Gasteiger partial charge in [-0.15, -0.1) is 0 Å². The zero-order valence-electron chi connectivity index (χ0n) is 17.8. The maximum Gasteiger partial charge on any atom is 0.253 e. The highest BCUT2D eigenvalue weighted by atomic mass is 35.5. The van der Waals surface area contributed by atoms with Crippen LogP contribution >= 0.6 is 11.6 Å². The Kier molecular flexibility index (Phi) is 7.38. The maximum atomic E-state index is 12.8. The number of nitrogens with one attached hydrogen (secondary N) is 2. The van der Waals surface area contributed by atoms with E-state index in [0.29, 0.717) is 22.1 Å². The van der Waals surface area contributed by atoms with Gasteiger partial charge in [-0.3, -0.25) is 9.59 Å². The quantitative estimate of drug-likeness (QED) is 0.712. The third-order valence-corrected chi connectivity index (χ3v) is 6.13. The van der Waals surface area contributed by atoms with Gasteiger partial charge in [0.15, 0.2) is 0 Å². The molecule has 0 aromatic heterocycles. The number of nitrogens with zero attached hydrogens (tertiary/aromatic N) is 1. The Morgan fingerprint density at radius 1 is 0.933 bits per heavy atom. The van der Waals surface area contributed by atoms with Crippen LogP contribution in [0.5, 0.6) is 0 Å². The fourth-order valence-corrected chi connectivity index (χ4v) is 3.79. The Morgan fingerprint density at radius 2 is 1.53 bits per heavy atom. The molecule has 1 aliphatic rings. The fraction of sp³-hybridized carbons (Fsp3) is 0.417. The smallest absolute Gasteiger partial charge is 0.253 e. The highest BCUT2D eigenvalue weighted by Gasteiger charge is 2.25. The third kappa shape index (κ3) is 5.33. The summed E-state index contributed by atoms with van der Waals surface area (Å²) in [5, 5.41) is 6.65. The molecule has 0 saturated carbocycles. The molecule has 2 aromatic rings. The molecule has 0 radical (unpaired) electrons. The van der Waals surface area contributed by atoms with Gasteiger partial charge in [-0.05, 0) is 49.9 Å². The molecule has 1 aliphatic heterocycles. The van der Waals surface area contributed by atoms with Crippen molar-refractivity contribution in [2.24, 2.45) is 5.92 Å². The summed E-state index contributed by atoms with van der Waals surface area (Å²) in [4.78, 5) is 27.6. The first-order valence-electron chi connectivity index (χ1n) is 10.6. The lowest BCUT2D eigenvalue weighted by molar-refractivity contribution is 0.0925. The number of hydrogen-bond acceptors (Lipinski definition) is 3. The molecule has 3 rings (SSSR count). The van der Waals surface area contributed by atoms with E-state index < -0.39 is 0 Å². The summed E-state index contributed by atoms with van der Waals surface area (Å²) in [6.45, 7) is 7.77. The second-order valence-corrected chi connectivity index (χ2v) is 8.65. The number of carbonyl (C=O) groups excluding carboxylic acids is 2. The first-order valence-corrected chi connectivity index (χ1v) is 10.9. The number of halogens is 1. The van der Waals surface area contributed by atoms with Gasteiger partial charge in [0.2, 0.25) is 0 Å². The monoisotopic (exact) mass is 427 g/mol. The van der Waals surface area contributed by atoms with E-state index in [1.165, 1.54) is 0 Å². The molecular weight excluding hydrogens is 398 g/mol. The Labute approximate surface area is 183 Å². The third-order valence-electron chi connectivity index (χ3n) is 5.80. The van der Waals surface area contributed by atoms with Crippen LogP contribution in [0.15, 0.2) is 48.5 Å². The van der Waals surface area contributed by atoms with Gasteiger partial charge in [0.05, 0.1) is 16.1 Å². The molecule has 1 saturated heterocycles. The van der Waals surface area contributed by atoms with Crippen LogP contribution in [-0.4, -0.2) is 37.0 Å². The summed E-state index contributed by atoms with van der Waals surface area (Å²) >= 11 is 6.14. The van der Waals surface area contributed by atoms with E-state index in [2.05, 4.69) is 29.4 Å². The van der Waals surface area contributed by atoms with Crippen molar-refractivity contribution in [3.63, 3.8) is 0 Å². The summed E-state index contributed by atoms with van der Waals surface area (Å²) < 4.78 is 0. The van der Waals surface area contributed by atoms with Crippen molar-refractivity contribution in [2.75, 3.05) is 18.0 Å². The molecule has 0 bridgehead atoms. The Morgan fingerprint density at radius 3 is 2.17 bits per heavy atom. The van der Waals surface area contributed by atoms with Crippen molar-refractivity contribution in [1.82, 2.24) is 10.6 Å². The molecule has 6 heteroatoms. The minimum absolute atomic E-state index is 0.0408. The Hall–Kier alpha value is -2.53. The topological polar surface area (TPSA) is 61.4 Å². The average molecular weight is 428 g/mol. The van der Waals surface area contributed by atoms with Gasteiger partial charge in [0.25, 0.3) is 11.8 Å². The number of rotatable bonds is 6. The van der Waals surface area contributed by atoms with Gasteiger partial charge >= 0.3 is 0 Å². The maximum absolute atomic E-state index is 12.8. The van der Waals surface area contributed by atoms with Crippen LogP contribution in [0.4, 0.5) is 5.69 Å². The van der Waals surface area contributed by atoms with Gasteiger partial charge in [0, 0.05) is 30.9 Å². The zero-order valence-corrected chi connectivity index (χ0v) is 18.6. The average Bonchev–Trinajstić information content (AvgIpc) is 2.74. The summed E-state index contributed by atoms with van der Waals surface area (Å²) in [5.41, 5.74) is 2.15. The predicted octanol–water partition coefficient (Wildman–Crippen LogP) is 4.51. The molecular formula is C24H30ClN3O2. The molecule has 0 spiro atoms. The number of para-hydroxylation sites is 1. The normalized spacial score (nSPS) is 15.7. The van der Waals surface area contributed by atoms with Crippen molar-refractivity contribution in [3.05, 3.63) is 64.7 Å². The molecule has 1 heterocycles. The van der Waals surface area contributed by atoms with Crippen LogP contribution in [-0.2, 0) is 0 Å². The van der Waals surface area contributed by atoms with Gasteiger partial charge in [-0.25, -0.2) is 0 Å².